The minimum Gasteiger partial charge on any atom is -0.497 e. The van der Waals surface area contributed by atoms with Crippen molar-refractivity contribution < 1.29 is 17.9 Å². The van der Waals surface area contributed by atoms with Crippen molar-refractivity contribution in [3.63, 3.8) is 0 Å². The van der Waals surface area contributed by atoms with Crippen LogP contribution >= 0.6 is 24.0 Å². The Balaban J connectivity index is 0.00000320. The number of morpholine rings is 1. The molecule has 2 aliphatic heterocycles. The first-order valence-electron chi connectivity index (χ1n) is 10.2. The Bertz CT molecular complexity index is 783. The van der Waals surface area contributed by atoms with E-state index in [1.54, 1.807) is 7.11 Å². The molecule has 2 saturated heterocycles. The highest BCUT2D eigenvalue weighted by Crippen LogP contribution is 2.24. The van der Waals surface area contributed by atoms with Gasteiger partial charge in [0.2, 0.25) is 0 Å². The van der Waals surface area contributed by atoms with Crippen molar-refractivity contribution in [1.82, 2.24) is 15.5 Å². The van der Waals surface area contributed by atoms with Gasteiger partial charge in [-0.25, -0.2) is 8.42 Å². The molecule has 30 heavy (non-hydrogen) atoms. The summed E-state index contributed by atoms with van der Waals surface area (Å²) >= 11 is 0. The fourth-order valence-corrected chi connectivity index (χ4v) is 5.42. The van der Waals surface area contributed by atoms with Gasteiger partial charge in [-0.2, -0.15) is 0 Å². The molecule has 0 spiro atoms. The molecule has 1 aromatic carbocycles. The maximum atomic E-state index is 11.8. The topological polar surface area (TPSA) is 92.3 Å². The average Bonchev–Trinajstić information content (AvgIpc) is 3.07. The molecular weight excluding hydrogens is 519 g/mol. The second kappa shape index (κ2) is 12.1. The standard InChI is InChI=1S/C20H32N4O4S.HI/c1-3-21-20(23-17-8-13-29(25,26)15-17)22-14-19(24-9-11-28-12-10-24)16-4-6-18(27-2)7-5-16;/h4-7,17,19H,3,8-15H2,1-2H3,(H2,21,22,23);1H. The van der Waals surface area contributed by atoms with Gasteiger partial charge in [0.15, 0.2) is 15.8 Å². The third-order valence-electron chi connectivity index (χ3n) is 5.33. The van der Waals surface area contributed by atoms with Crippen molar-refractivity contribution in [3.8, 4) is 5.75 Å². The lowest BCUT2D eigenvalue weighted by molar-refractivity contribution is 0.0179. The summed E-state index contributed by atoms with van der Waals surface area (Å²) in [7, 11) is -1.27. The van der Waals surface area contributed by atoms with Gasteiger partial charge in [0.1, 0.15) is 5.75 Å². The number of benzene rings is 1. The highest BCUT2D eigenvalue weighted by atomic mass is 127. The molecule has 2 aliphatic rings. The van der Waals surface area contributed by atoms with Gasteiger partial charge in [0.25, 0.3) is 0 Å². The summed E-state index contributed by atoms with van der Waals surface area (Å²) in [6.45, 7) is 6.44. The van der Waals surface area contributed by atoms with E-state index in [1.807, 2.05) is 19.1 Å². The molecule has 0 amide bonds. The van der Waals surface area contributed by atoms with Gasteiger partial charge in [-0.1, -0.05) is 12.1 Å². The summed E-state index contributed by atoms with van der Waals surface area (Å²) in [4.78, 5) is 7.19. The predicted molar refractivity (Wildman–Crippen MR) is 130 cm³/mol. The lowest BCUT2D eigenvalue weighted by Gasteiger charge is -2.34. The van der Waals surface area contributed by atoms with Crippen molar-refractivity contribution in [2.45, 2.75) is 25.4 Å². The van der Waals surface area contributed by atoms with Gasteiger partial charge in [0.05, 0.1) is 44.4 Å². The SMILES string of the molecule is CCNC(=NCC(c1ccc(OC)cc1)N1CCOCC1)NC1CCS(=O)(=O)C1.I. The third kappa shape index (κ3) is 7.24. The van der Waals surface area contributed by atoms with Crippen LogP contribution in [-0.4, -0.2) is 83.3 Å². The lowest BCUT2D eigenvalue weighted by Crippen LogP contribution is -2.45. The molecule has 2 unspecified atom stereocenters. The highest BCUT2D eigenvalue weighted by molar-refractivity contribution is 14.0. The molecule has 0 saturated carbocycles. The minimum absolute atomic E-state index is 0. The van der Waals surface area contributed by atoms with E-state index in [-0.39, 0.29) is 47.6 Å². The van der Waals surface area contributed by atoms with Crippen LogP contribution in [0.5, 0.6) is 5.75 Å². The maximum absolute atomic E-state index is 11.8. The zero-order valence-electron chi connectivity index (χ0n) is 17.7. The van der Waals surface area contributed by atoms with E-state index in [0.29, 0.717) is 32.1 Å². The molecule has 8 nitrogen and oxygen atoms in total. The highest BCUT2D eigenvalue weighted by Gasteiger charge is 2.29. The summed E-state index contributed by atoms with van der Waals surface area (Å²) in [6.07, 6.45) is 0.623. The fraction of sp³-hybridized carbons (Fsp3) is 0.650. The Morgan fingerprint density at radius 2 is 2.00 bits per heavy atom. The first-order valence-corrected chi connectivity index (χ1v) is 12.0. The summed E-state index contributed by atoms with van der Waals surface area (Å²) in [5, 5.41) is 6.54. The van der Waals surface area contributed by atoms with Gasteiger partial charge < -0.3 is 20.1 Å². The Hall–Kier alpha value is -1.11. The summed E-state index contributed by atoms with van der Waals surface area (Å²) in [5.41, 5.74) is 1.18. The second-order valence-electron chi connectivity index (χ2n) is 7.40. The molecule has 2 N–H and O–H groups in total. The number of nitrogens with zero attached hydrogens (tertiary/aromatic N) is 2. The Morgan fingerprint density at radius 1 is 1.30 bits per heavy atom. The second-order valence-corrected chi connectivity index (χ2v) is 9.63. The van der Waals surface area contributed by atoms with E-state index in [0.717, 1.165) is 25.4 Å². The molecule has 2 atom stereocenters. The van der Waals surface area contributed by atoms with E-state index in [2.05, 4.69) is 27.7 Å². The quantitative estimate of drug-likeness (QED) is 0.301. The van der Waals surface area contributed by atoms with Crippen LogP contribution < -0.4 is 15.4 Å². The smallest absolute Gasteiger partial charge is 0.191 e. The normalized spacial score (nSPS) is 22.7. The molecular formula is C20H33IN4O4S. The largest absolute Gasteiger partial charge is 0.497 e. The van der Waals surface area contributed by atoms with Crippen LogP contribution in [0.1, 0.15) is 24.9 Å². The van der Waals surface area contributed by atoms with Crippen molar-refractivity contribution in [3.05, 3.63) is 29.8 Å². The molecule has 2 heterocycles. The predicted octanol–water partition coefficient (Wildman–Crippen LogP) is 1.43. The van der Waals surface area contributed by atoms with Gasteiger partial charge in [0, 0.05) is 25.7 Å². The zero-order valence-corrected chi connectivity index (χ0v) is 20.8. The molecule has 10 heteroatoms. The molecule has 0 aromatic heterocycles. The third-order valence-corrected chi connectivity index (χ3v) is 7.09. The van der Waals surface area contributed by atoms with Crippen molar-refractivity contribution >= 4 is 39.8 Å². The van der Waals surface area contributed by atoms with Crippen molar-refractivity contribution in [2.24, 2.45) is 4.99 Å². The number of rotatable bonds is 7. The van der Waals surface area contributed by atoms with Crippen LogP contribution in [0.15, 0.2) is 29.3 Å². The number of hydrogen-bond donors (Lipinski definition) is 2. The van der Waals surface area contributed by atoms with E-state index >= 15 is 0 Å². The number of ether oxygens (including phenoxy) is 2. The molecule has 0 radical (unpaired) electrons. The van der Waals surface area contributed by atoms with Gasteiger partial charge >= 0.3 is 0 Å². The average molecular weight is 552 g/mol. The lowest BCUT2D eigenvalue weighted by atomic mass is 10.0. The van der Waals surface area contributed by atoms with E-state index in [9.17, 15) is 8.42 Å². The number of methoxy groups -OCH3 is 1. The maximum Gasteiger partial charge on any atom is 0.191 e. The van der Waals surface area contributed by atoms with E-state index in [1.165, 1.54) is 5.56 Å². The van der Waals surface area contributed by atoms with Crippen LogP contribution in [0.3, 0.4) is 0 Å². The number of hydrogen-bond acceptors (Lipinski definition) is 6. The summed E-state index contributed by atoms with van der Waals surface area (Å²) in [6, 6.07) is 8.14. The fourth-order valence-electron chi connectivity index (χ4n) is 3.75. The van der Waals surface area contributed by atoms with Crippen LogP contribution in [0.25, 0.3) is 0 Å². The first-order chi connectivity index (χ1) is 14.0. The molecule has 2 fully saturated rings. The van der Waals surface area contributed by atoms with E-state index in [4.69, 9.17) is 14.5 Å². The summed E-state index contributed by atoms with van der Waals surface area (Å²) < 4.78 is 34.3. The molecule has 0 bridgehead atoms. The van der Waals surface area contributed by atoms with Crippen LogP contribution in [0.4, 0.5) is 0 Å². The Labute approximate surface area is 196 Å². The number of guanidine groups is 1. The first kappa shape index (κ1) is 25.2. The number of sulfone groups is 1. The molecule has 170 valence electrons. The van der Waals surface area contributed by atoms with Crippen LogP contribution in [0.2, 0.25) is 0 Å². The molecule has 1 aromatic rings. The Kier molecular flexibility index (Phi) is 10.1. The number of aliphatic imine (C=N–C) groups is 1. The molecule has 0 aliphatic carbocycles. The van der Waals surface area contributed by atoms with Crippen LogP contribution in [-0.2, 0) is 14.6 Å². The van der Waals surface area contributed by atoms with Gasteiger partial charge in [-0.15, -0.1) is 24.0 Å². The van der Waals surface area contributed by atoms with Gasteiger partial charge in [-0.3, -0.25) is 9.89 Å². The number of halogens is 1. The Morgan fingerprint density at radius 3 is 2.57 bits per heavy atom. The van der Waals surface area contributed by atoms with Crippen molar-refractivity contribution in [1.29, 1.82) is 0 Å². The molecule has 3 rings (SSSR count). The minimum atomic E-state index is -2.93. The monoisotopic (exact) mass is 552 g/mol. The summed E-state index contributed by atoms with van der Waals surface area (Å²) in [5.74, 6) is 1.91. The number of nitrogens with one attached hydrogen (secondary N) is 2. The van der Waals surface area contributed by atoms with Crippen molar-refractivity contribution in [2.75, 3.05) is 58.0 Å². The van der Waals surface area contributed by atoms with Crippen LogP contribution in [0, 0.1) is 0 Å². The van der Waals surface area contributed by atoms with Gasteiger partial charge in [-0.05, 0) is 31.0 Å². The zero-order chi connectivity index (χ0) is 20.7. The van der Waals surface area contributed by atoms with E-state index < -0.39 is 9.84 Å².